The molecule has 19 heavy (non-hydrogen) atoms. The number of halogens is 3. The van der Waals surface area contributed by atoms with E-state index in [0.717, 1.165) is 18.2 Å². The highest BCUT2D eigenvalue weighted by Gasteiger charge is 2.34. The molecule has 1 heterocycles. The van der Waals surface area contributed by atoms with Gasteiger partial charge in [-0.2, -0.15) is 13.2 Å². The predicted molar refractivity (Wildman–Crippen MR) is 63.4 cm³/mol. The van der Waals surface area contributed by atoms with E-state index in [1.54, 1.807) is 6.20 Å². The van der Waals surface area contributed by atoms with Crippen LogP contribution in [0.5, 0.6) is 0 Å². The number of hydrogen-bond acceptors (Lipinski definition) is 2. The first kappa shape index (κ1) is 13.1. The van der Waals surface area contributed by atoms with Gasteiger partial charge in [-0.05, 0) is 18.2 Å². The second-order valence-corrected chi connectivity index (χ2v) is 3.72. The smallest absolute Gasteiger partial charge is 0.345 e. The standard InChI is InChI=1S/C13H9F3N2O/c14-13(15,16)10-4-2-1-3-9(10)11(19)5-6-12-17-7-8-18-12/h1-8H,(H,17,18)/b6-5+. The maximum absolute atomic E-state index is 12.7. The zero-order chi connectivity index (χ0) is 13.9. The third-order valence-corrected chi connectivity index (χ3v) is 2.41. The first-order valence-electron chi connectivity index (χ1n) is 5.36. The number of alkyl halides is 3. The van der Waals surface area contributed by atoms with Crippen molar-refractivity contribution in [2.75, 3.05) is 0 Å². The van der Waals surface area contributed by atoms with Crippen LogP contribution >= 0.6 is 0 Å². The third kappa shape index (κ3) is 3.09. The van der Waals surface area contributed by atoms with Crippen molar-refractivity contribution in [3.63, 3.8) is 0 Å². The number of ketones is 1. The van der Waals surface area contributed by atoms with Gasteiger partial charge in [0.1, 0.15) is 5.82 Å². The number of aromatic amines is 1. The molecule has 0 atom stereocenters. The fourth-order valence-corrected chi connectivity index (χ4v) is 1.56. The molecule has 2 aromatic rings. The molecule has 0 fully saturated rings. The topological polar surface area (TPSA) is 45.8 Å². The van der Waals surface area contributed by atoms with Gasteiger partial charge in [0, 0.05) is 18.0 Å². The molecule has 0 amide bonds. The molecule has 2 rings (SSSR count). The van der Waals surface area contributed by atoms with Gasteiger partial charge in [0.25, 0.3) is 0 Å². The summed E-state index contributed by atoms with van der Waals surface area (Å²) in [5, 5.41) is 0. The number of nitrogens with zero attached hydrogens (tertiary/aromatic N) is 1. The fraction of sp³-hybridized carbons (Fsp3) is 0.0769. The lowest BCUT2D eigenvalue weighted by Gasteiger charge is -2.10. The van der Waals surface area contributed by atoms with Crippen LogP contribution in [0.4, 0.5) is 13.2 Å². The molecule has 0 aliphatic carbocycles. The number of nitrogens with one attached hydrogen (secondary N) is 1. The molecule has 98 valence electrons. The van der Waals surface area contributed by atoms with Crippen molar-refractivity contribution in [3.05, 3.63) is 59.7 Å². The van der Waals surface area contributed by atoms with Crippen LogP contribution in [0.1, 0.15) is 21.7 Å². The molecule has 0 radical (unpaired) electrons. The highest BCUT2D eigenvalue weighted by Crippen LogP contribution is 2.32. The molecule has 0 aliphatic rings. The normalized spacial score (nSPS) is 11.9. The van der Waals surface area contributed by atoms with Crippen LogP contribution in [0.2, 0.25) is 0 Å². The Morgan fingerprint density at radius 2 is 2.00 bits per heavy atom. The Labute approximate surface area is 106 Å². The second kappa shape index (κ2) is 5.09. The number of carbonyl (C=O) groups excluding carboxylic acids is 1. The number of imidazole rings is 1. The molecular formula is C13H9F3N2O. The van der Waals surface area contributed by atoms with Crippen LogP contribution in [0.3, 0.4) is 0 Å². The molecule has 0 spiro atoms. The Kier molecular flexibility index (Phi) is 3.50. The molecule has 1 aromatic carbocycles. The summed E-state index contributed by atoms with van der Waals surface area (Å²) in [6.07, 6.45) is 0.866. The molecule has 1 aromatic heterocycles. The van der Waals surface area contributed by atoms with Gasteiger partial charge in [-0.3, -0.25) is 4.79 Å². The average molecular weight is 266 g/mol. The summed E-state index contributed by atoms with van der Waals surface area (Å²) in [5.41, 5.74) is -1.32. The number of hydrogen-bond donors (Lipinski definition) is 1. The molecule has 0 aliphatic heterocycles. The molecule has 0 bridgehead atoms. The first-order chi connectivity index (χ1) is 8.98. The quantitative estimate of drug-likeness (QED) is 0.684. The molecule has 3 nitrogen and oxygen atoms in total. The second-order valence-electron chi connectivity index (χ2n) is 3.72. The van der Waals surface area contributed by atoms with Crippen molar-refractivity contribution in [1.29, 1.82) is 0 Å². The SMILES string of the molecule is O=C(/C=C/c1ncc[nH]1)c1ccccc1C(F)(F)F. The largest absolute Gasteiger partial charge is 0.417 e. The number of allylic oxidation sites excluding steroid dienone is 1. The van der Waals surface area contributed by atoms with Crippen molar-refractivity contribution < 1.29 is 18.0 Å². The molecule has 0 unspecified atom stereocenters. The molecule has 0 saturated carbocycles. The minimum absolute atomic E-state index is 0.377. The van der Waals surface area contributed by atoms with Gasteiger partial charge in [-0.15, -0.1) is 0 Å². The van der Waals surface area contributed by atoms with Crippen molar-refractivity contribution in [3.8, 4) is 0 Å². The van der Waals surface area contributed by atoms with E-state index in [-0.39, 0.29) is 5.56 Å². The summed E-state index contributed by atoms with van der Waals surface area (Å²) in [5.74, 6) is -0.317. The lowest BCUT2D eigenvalue weighted by molar-refractivity contribution is -0.137. The van der Waals surface area contributed by atoms with Gasteiger partial charge in [-0.1, -0.05) is 18.2 Å². The minimum Gasteiger partial charge on any atom is -0.345 e. The summed E-state index contributed by atoms with van der Waals surface area (Å²) in [6.45, 7) is 0. The maximum Gasteiger partial charge on any atom is 0.417 e. The van der Waals surface area contributed by atoms with Crippen LogP contribution < -0.4 is 0 Å². The van der Waals surface area contributed by atoms with E-state index in [1.807, 2.05) is 0 Å². The van der Waals surface area contributed by atoms with Crippen LogP contribution in [-0.2, 0) is 6.18 Å². The van der Waals surface area contributed by atoms with Crippen molar-refractivity contribution in [2.45, 2.75) is 6.18 Å². The van der Waals surface area contributed by atoms with Gasteiger partial charge in [0.2, 0.25) is 0 Å². The van der Waals surface area contributed by atoms with E-state index in [2.05, 4.69) is 9.97 Å². The van der Waals surface area contributed by atoms with Crippen LogP contribution in [0, 0.1) is 0 Å². The monoisotopic (exact) mass is 266 g/mol. The van der Waals surface area contributed by atoms with E-state index in [9.17, 15) is 18.0 Å². The summed E-state index contributed by atoms with van der Waals surface area (Å²) in [4.78, 5) is 18.3. The van der Waals surface area contributed by atoms with Crippen LogP contribution in [0.25, 0.3) is 6.08 Å². The Balaban J connectivity index is 2.30. The van der Waals surface area contributed by atoms with E-state index < -0.39 is 17.5 Å². The van der Waals surface area contributed by atoms with Gasteiger partial charge >= 0.3 is 6.18 Å². The average Bonchev–Trinajstić information content (AvgIpc) is 2.88. The van der Waals surface area contributed by atoms with Crippen LogP contribution in [0.15, 0.2) is 42.7 Å². The van der Waals surface area contributed by atoms with E-state index in [1.165, 1.54) is 24.4 Å². The Morgan fingerprint density at radius 3 is 2.63 bits per heavy atom. The Bertz CT molecular complexity index is 601. The van der Waals surface area contributed by atoms with Crippen molar-refractivity contribution in [2.24, 2.45) is 0 Å². The van der Waals surface area contributed by atoms with Gasteiger partial charge in [0.05, 0.1) is 5.56 Å². The van der Waals surface area contributed by atoms with E-state index in [4.69, 9.17) is 0 Å². The highest BCUT2D eigenvalue weighted by molar-refractivity contribution is 6.07. The van der Waals surface area contributed by atoms with Gasteiger partial charge < -0.3 is 4.98 Å². The summed E-state index contributed by atoms with van der Waals surface area (Å²) in [7, 11) is 0. The zero-order valence-corrected chi connectivity index (χ0v) is 9.61. The number of carbonyl (C=O) groups is 1. The lowest BCUT2D eigenvalue weighted by atomic mass is 10.0. The summed E-state index contributed by atoms with van der Waals surface area (Å²) < 4.78 is 38.2. The molecule has 6 heteroatoms. The number of H-pyrrole nitrogens is 1. The van der Waals surface area contributed by atoms with E-state index in [0.29, 0.717) is 5.82 Å². The van der Waals surface area contributed by atoms with Crippen molar-refractivity contribution in [1.82, 2.24) is 9.97 Å². The van der Waals surface area contributed by atoms with Gasteiger partial charge in [0.15, 0.2) is 5.78 Å². The number of benzene rings is 1. The lowest BCUT2D eigenvalue weighted by Crippen LogP contribution is -2.11. The van der Waals surface area contributed by atoms with E-state index >= 15 is 0 Å². The van der Waals surface area contributed by atoms with Crippen molar-refractivity contribution >= 4 is 11.9 Å². The molecule has 0 saturated heterocycles. The third-order valence-electron chi connectivity index (χ3n) is 2.41. The first-order valence-corrected chi connectivity index (χ1v) is 5.36. The van der Waals surface area contributed by atoms with Gasteiger partial charge in [-0.25, -0.2) is 4.98 Å². The molecule has 1 N–H and O–H groups in total. The number of aromatic nitrogens is 2. The fourth-order valence-electron chi connectivity index (χ4n) is 1.56. The highest BCUT2D eigenvalue weighted by atomic mass is 19.4. The summed E-state index contributed by atoms with van der Waals surface area (Å²) in [6, 6.07) is 4.67. The zero-order valence-electron chi connectivity index (χ0n) is 9.61. The maximum atomic E-state index is 12.7. The predicted octanol–water partition coefficient (Wildman–Crippen LogP) is 3.32. The Morgan fingerprint density at radius 1 is 1.26 bits per heavy atom. The molecular weight excluding hydrogens is 257 g/mol. The summed E-state index contributed by atoms with van der Waals surface area (Å²) >= 11 is 0. The minimum atomic E-state index is -4.55. The number of rotatable bonds is 3. The Hall–Kier alpha value is -2.37. The van der Waals surface area contributed by atoms with Crippen LogP contribution in [-0.4, -0.2) is 15.8 Å².